The van der Waals surface area contributed by atoms with Crippen LogP contribution in [0.5, 0.6) is 5.75 Å². The van der Waals surface area contributed by atoms with Crippen LogP contribution in [0.2, 0.25) is 0 Å². The third kappa shape index (κ3) is 8.39. The summed E-state index contributed by atoms with van der Waals surface area (Å²) in [5.74, 6) is 0.860. The zero-order valence-electron chi connectivity index (χ0n) is 32.3. The molecule has 3 N–H and O–H groups in total. The number of methoxy groups -OCH3 is 1. The van der Waals surface area contributed by atoms with Crippen molar-refractivity contribution >= 4 is 29.7 Å². The summed E-state index contributed by atoms with van der Waals surface area (Å²) >= 11 is 0. The molecular weight excluding hydrogens is 674 g/mol. The van der Waals surface area contributed by atoms with Crippen LogP contribution in [0.25, 0.3) is 5.65 Å². The van der Waals surface area contributed by atoms with Gasteiger partial charge in [0, 0.05) is 41.7 Å². The van der Waals surface area contributed by atoms with Crippen LogP contribution in [0.15, 0.2) is 60.8 Å². The number of aldehydes is 1. The first-order valence-corrected chi connectivity index (χ1v) is 17.7. The predicted molar refractivity (Wildman–Crippen MR) is 202 cm³/mol. The van der Waals surface area contributed by atoms with Crippen LogP contribution in [-0.4, -0.2) is 87.1 Å². The standard InChI is InChI=1S/C39H51N9O5/c1-11-47(9)38(7,8)22-40-33(50)32-41-29(36(2,3)4)20-30(42-32)43-35(51)44-39(23-49)19-18-28(26-14-12-13-15-27(26)39)53-25-16-17-31-45-46-34(48(31)21-25)37(5,6)24-52-10/h12-21,23,28H,11,22,24H2,1-10H3,(H,40,50)(H2,41,42,43,44,51)/t28-,39-/m1/s1. The maximum Gasteiger partial charge on any atom is 0.321 e. The molecule has 1 aromatic carbocycles. The third-order valence-electron chi connectivity index (χ3n) is 9.63. The normalized spacial score (nSPS) is 17.4. The maximum atomic E-state index is 13.7. The predicted octanol–water partition coefficient (Wildman–Crippen LogP) is 5.11. The van der Waals surface area contributed by atoms with Crippen LogP contribution in [0.3, 0.4) is 0 Å². The van der Waals surface area contributed by atoms with Gasteiger partial charge in [0.05, 0.1) is 18.5 Å². The van der Waals surface area contributed by atoms with Crippen LogP contribution in [-0.2, 0) is 25.9 Å². The summed E-state index contributed by atoms with van der Waals surface area (Å²) in [5.41, 5.74) is -0.228. The first-order valence-electron chi connectivity index (χ1n) is 17.7. The Balaban J connectivity index is 1.38. The second kappa shape index (κ2) is 15.0. The van der Waals surface area contributed by atoms with Crippen molar-refractivity contribution < 1.29 is 23.9 Å². The highest BCUT2D eigenvalue weighted by molar-refractivity contribution is 5.94. The van der Waals surface area contributed by atoms with Crippen LogP contribution < -0.4 is 20.7 Å². The Morgan fingerprint density at radius 1 is 1.04 bits per heavy atom. The summed E-state index contributed by atoms with van der Waals surface area (Å²) in [6, 6.07) is 11.8. The Labute approximate surface area is 310 Å². The number of carbonyl (C=O) groups excluding carboxylic acids is 3. The molecule has 14 nitrogen and oxygen atoms in total. The van der Waals surface area contributed by atoms with Gasteiger partial charge in [0.2, 0.25) is 5.82 Å². The largest absolute Gasteiger partial charge is 0.480 e. The Hall–Kier alpha value is -5.21. The summed E-state index contributed by atoms with van der Waals surface area (Å²) in [6.45, 7) is 17.7. The van der Waals surface area contributed by atoms with Crippen molar-refractivity contribution in [3.8, 4) is 5.75 Å². The van der Waals surface area contributed by atoms with E-state index < -0.39 is 34.4 Å². The van der Waals surface area contributed by atoms with Crippen molar-refractivity contribution in [2.24, 2.45) is 0 Å². The van der Waals surface area contributed by atoms with Crippen molar-refractivity contribution in [1.29, 1.82) is 0 Å². The van der Waals surface area contributed by atoms with E-state index in [-0.39, 0.29) is 17.2 Å². The molecule has 5 rings (SSSR count). The van der Waals surface area contributed by atoms with Gasteiger partial charge in [-0.2, -0.15) is 0 Å². The molecule has 1 aliphatic rings. The lowest BCUT2D eigenvalue weighted by molar-refractivity contribution is -0.111. The average Bonchev–Trinajstić information content (AvgIpc) is 3.55. The number of likely N-dealkylation sites (N-methyl/N-ethyl adjacent to an activating group) is 1. The molecule has 0 spiro atoms. The van der Waals surface area contributed by atoms with Gasteiger partial charge in [-0.15, -0.1) is 10.2 Å². The number of carbonyl (C=O) groups is 3. The number of hydrogen-bond donors (Lipinski definition) is 3. The molecule has 3 amide bonds. The van der Waals surface area contributed by atoms with E-state index in [4.69, 9.17) is 9.47 Å². The Morgan fingerprint density at radius 2 is 1.77 bits per heavy atom. The highest BCUT2D eigenvalue weighted by Crippen LogP contribution is 2.37. The lowest BCUT2D eigenvalue weighted by Gasteiger charge is -2.35. The van der Waals surface area contributed by atoms with Crippen molar-refractivity contribution in [3.63, 3.8) is 0 Å². The molecule has 0 saturated heterocycles. The maximum absolute atomic E-state index is 13.7. The second-order valence-corrected chi connectivity index (χ2v) is 15.7. The number of anilines is 1. The van der Waals surface area contributed by atoms with Crippen LogP contribution in [0.4, 0.5) is 10.6 Å². The molecule has 0 radical (unpaired) electrons. The van der Waals surface area contributed by atoms with Crippen molar-refractivity contribution in [2.45, 2.75) is 83.4 Å². The fourth-order valence-corrected chi connectivity index (χ4v) is 6.14. The summed E-state index contributed by atoms with van der Waals surface area (Å²) in [5, 5.41) is 17.2. The molecule has 1 aliphatic carbocycles. The molecular formula is C39H51N9O5. The SMILES string of the molecule is CCN(C)C(C)(C)CNC(=O)c1nc(NC(=O)N[C@@]2(C=O)C=C[C@@H](Oc3ccc4nnc(C(C)(C)COC)n4c3)c3ccccc32)cc(C(C)(C)C)n1. The quantitative estimate of drug-likeness (QED) is 0.125. The minimum Gasteiger partial charge on any atom is -0.480 e. The number of hydrogen-bond acceptors (Lipinski definition) is 10. The van der Waals surface area contributed by atoms with Crippen LogP contribution in [0.1, 0.15) is 94.8 Å². The molecule has 282 valence electrons. The number of aromatic nitrogens is 5. The molecule has 4 aromatic rings. The van der Waals surface area contributed by atoms with Crippen molar-refractivity contribution in [2.75, 3.05) is 39.2 Å². The topological polar surface area (TPSA) is 165 Å². The van der Waals surface area contributed by atoms with Gasteiger partial charge in [0.15, 0.2) is 11.9 Å². The zero-order chi connectivity index (χ0) is 38.8. The molecule has 0 aliphatic heterocycles. The fourth-order valence-electron chi connectivity index (χ4n) is 6.14. The number of rotatable bonds is 13. The molecule has 0 unspecified atom stereocenters. The van der Waals surface area contributed by atoms with Gasteiger partial charge in [0.25, 0.3) is 5.91 Å². The first kappa shape index (κ1) is 39.0. The van der Waals surface area contributed by atoms with E-state index in [2.05, 4.69) is 41.0 Å². The first-order chi connectivity index (χ1) is 24.9. The van der Waals surface area contributed by atoms with Gasteiger partial charge >= 0.3 is 6.03 Å². The van der Waals surface area contributed by atoms with Crippen LogP contribution in [0, 0.1) is 0 Å². The number of ether oxygens (including phenoxy) is 2. The van der Waals surface area contributed by atoms with Crippen LogP contribution >= 0.6 is 0 Å². The number of benzene rings is 1. The van der Waals surface area contributed by atoms with Gasteiger partial charge in [-0.25, -0.2) is 14.8 Å². The van der Waals surface area contributed by atoms with E-state index >= 15 is 0 Å². The molecule has 14 heteroatoms. The lowest BCUT2D eigenvalue weighted by Crippen LogP contribution is -2.50. The van der Waals surface area contributed by atoms with Crippen molar-refractivity contribution in [1.82, 2.24) is 40.1 Å². The Morgan fingerprint density at radius 3 is 2.45 bits per heavy atom. The number of amides is 3. The van der Waals surface area contributed by atoms with E-state index in [9.17, 15) is 14.4 Å². The van der Waals surface area contributed by atoms with E-state index in [1.807, 2.05) is 97.3 Å². The number of urea groups is 1. The van der Waals surface area contributed by atoms with Crippen molar-refractivity contribution in [3.05, 3.63) is 89.3 Å². The molecule has 53 heavy (non-hydrogen) atoms. The molecule has 0 bridgehead atoms. The lowest BCUT2D eigenvalue weighted by atomic mass is 9.81. The smallest absolute Gasteiger partial charge is 0.321 e. The fraction of sp³-hybridized carbons (Fsp3) is 0.462. The summed E-state index contributed by atoms with van der Waals surface area (Å²) in [4.78, 5) is 50.9. The summed E-state index contributed by atoms with van der Waals surface area (Å²) in [6.07, 6.45) is 5.29. The minimum atomic E-state index is -1.52. The highest BCUT2D eigenvalue weighted by Gasteiger charge is 2.39. The minimum absolute atomic E-state index is 0.0743. The second-order valence-electron chi connectivity index (χ2n) is 15.7. The zero-order valence-corrected chi connectivity index (χ0v) is 32.3. The highest BCUT2D eigenvalue weighted by atomic mass is 16.5. The number of nitrogens with one attached hydrogen (secondary N) is 3. The monoisotopic (exact) mass is 725 g/mol. The molecule has 2 atom stereocenters. The molecule has 3 heterocycles. The van der Waals surface area contributed by atoms with Gasteiger partial charge in [-0.05, 0) is 57.3 Å². The number of pyridine rings is 1. The van der Waals surface area contributed by atoms with E-state index in [1.54, 1.807) is 37.5 Å². The number of fused-ring (bicyclic) bond motifs is 2. The average molecular weight is 726 g/mol. The Bertz CT molecular complexity index is 2020. The summed E-state index contributed by atoms with van der Waals surface area (Å²) < 4.78 is 13.8. The Kier molecular flexibility index (Phi) is 11.1. The third-order valence-corrected chi connectivity index (χ3v) is 9.63. The number of nitrogens with zero attached hydrogens (tertiary/aromatic N) is 6. The molecule has 3 aromatic heterocycles. The van der Waals surface area contributed by atoms with Gasteiger partial charge in [-0.3, -0.25) is 24.2 Å². The van der Waals surface area contributed by atoms with Gasteiger partial charge in [0.1, 0.15) is 29.0 Å². The van der Waals surface area contributed by atoms with Gasteiger partial charge < -0.3 is 20.1 Å². The molecule has 0 saturated carbocycles. The van der Waals surface area contributed by atoms with E-state index in [0.717, 1.165) is 12.4 Å². The van der Waals surface area contributed by atoms with E-state index in [0.29, 0.717) is 47.7 Å². The molecule has 0 fully saturated rings. The summed E-state index contributed by atoms with van der Waals surface area (Å²) in [7, 11) is 3.64. The van der Waals surface area contributed by atoms with Gasteiger partial charge in [-0.1, -0.05) is 65.8 Å². The van der Waals surface area contributed by atoms with E-state index in [1.165, 1.54) is 0 Å².